The number of halogens is 3. The van der Waals surface area contributed by atoms with Gasteiger partial charge in [-0.25, -0.2) is 8.42 Å². The van der Waals surface area contributed by atoms with Gasteiger partial charge in [-0.3, -0.25) is 4.98 Å². The first-order valence-electron chi connectivity index (χ1n) is 6.79. The standard InChI is InChI=1S/C13H18F3N3O2S/c1-9-7-18(3)8-10(2)19(9)22(20,21)11-4-5-12(17-6-11)13(14,15)16/h4-6,9-10H,7-8H2,1-3H3/t9-,10-/m0/s1. The minimum absolute atomic E-state index is 0.219. The molecule has 2 atom stereocenters. The van der Waals surface area contributed by atoms with Gasteiger partial charge < -0.3 is 4.90 Å². The number of aromatic nitrogens is 1. The molecule has 0 radical (unpaired) electrons. The monoisotopic (exact) mass is 337 g/mol. The smallest absolute Gasteiger partial charge is 0.303 e. The zero-order valence-electron chi connectivity index (χ0n) is 12.5. The molecule has 0 unspecified atom stereocenters. The van der Waals surface area contributed by atoms with Crippen LogP contribution in [0.5, 0.6) is 0 Å². The predicted molar refractivity (Wildman–Crippen MR) is 74.7 cm³/mol. The third kappa shape index (κ3) is 3.26. The summed E-state index contributed by atoms with van der Waals surface area (Å²) in [5.74, 6) is 0. The molecule has 1 aromatic rings. The van der Waals surface area contributed by atoms with Crippen LogP contribution in [-0.4, -0.2) is 54.8 Å². The Morgan fingerprint density at radius 2 is 1.73 bits per heavy atom. The summed E-state index contributed by atoms with van der Waals surface area (Å²) in [4.78, 5) is 5.04. The van der Waals surface area contributed by atoms with E-state index in [2.05, 4.69) is 4.98 Å². The Kier molecular flexibility index (Phi) is 4.51. The topological polar surface area (TPSA) is 53.5 Å². The highest BCUT2D eigenvalue weighted by Crippen LogP contribution is 2.29. The molecule has 5 nitrogen and oxygen atoms in total. The first-order valence-corrected chi connectivity index (χ1v) is 8.23. The zero-order valence-corrected chi connectivity index (χ0v) is 13.3. The molecule has 0 saturated carbocycles. The molecule has 0 aromatic carbocycles. The molecule has 2 rings (SSSR count). The summed E-state index contributed by atoms with van der Waals surface area (Å²) >= 11 is 0. The Balaban J connectivity index is 2.34. The van der Waals surface area contributed by atoms with Crippen molar-refractivity contribution in [2.24, 2.45) is 0 Å². The maximum Gasteiger partial charge on any atom is 0.433 e. The van der Waals surface area contributed by atoms with Crippen LogP contribution >= 0.6 is 0 Å². The van der Waals surface area contributed by atoms with E-state index < -0.39 is 21.9 Å². The van der Waals surface area contributed by atoms with Crippen LogP contribution in [0.3, 0.4) is 0 Å². The van der Waals surface area contributed by atoms with Crippen LogP contribution in [0.1, 0.15) is 19.5 Å². The second kappa shape index (κ2) is 5.78. The summed E-state index contributed by atoms with van der Waals surface area (Å²) < 4.78 is 64.2. The van der Waals surface area contributed by atoms with Gasteiger partial charge in [0.2, 0.25) is 10.0 Å². The number of alkyl halides is 3. The lowest BCUT2D eigenvalue weighted by Crippen LogP contribution is -2.57. The van der Waals surface area contributed by atoms with Crippen molar-refractivity contribution in [2.75, 3.05) is 20.1 Å². The Bertz CT molecular complexity index is 619. The van der Waals surface area contributed by atoms with Gasteiger partial charge in [0.05, 0.1) is 0 Å². The van der Waals surface area contributed by atoms with E-state index >= 15 is 0 Å². The molecular weight excluding hydrogens is 319 g/mol. The van der Waals surface area contributed by atoms with Crippen molar-refractivity contribution in [1.82, 2.24) is 14.2 Å². The minimum Gasteiger partial charge on any atom is -0.303 e. The Hall–Kier alpha value is -1.19. The predicted octanol–water partition coefficient (Wildman–Crippen LogP) is 1.81. The highest BCUT2D eigenvalue weighted by atomic mass is 32.2. The highest BCUT2D eigenvalue weighted by Gasteiger charge is 2.38. The number of rotatable bonds is 2. The second-order valence-electron chi connectivity index (χ2n) is 5.63. The lowest BCUT2D eigenvalue weighted by atomic mass is 10.2. The average Bonchev–Trinajstić information content (AvgIpc) is 2.36. The van der Waals surface area contributed by atoms with E-state index in [1.165, 1.54) is 4.31 Å². The second-order valence-corrected chi connectivity index (χ2v) is 7.47. The Labute approximate surface area is 127 Å². The number of pyridine rings is 1. The number of hydrogen-bond donors (Lipinski definition) is 0. The van der Waals surface area contributed by atoms with Crippen molar-refractivity contribution in [3.05, 3.63) is 24.0 Å². The molecule has 0 bridgehead atoms. The summed E-state index contributed by atoms with van der Waals surface area (Å²) in [6.45, 7) is 4.69. The van der Waals surface area contributed by atoms with Crippen LogP contribution in [0.4, 0.5) is 13.2 Å². The molecule has 124 valence electrons. The molecule has 1 aromatic heterocycles. The SMILES string of the molecule is C[C@H]1CN(C)C[C@H](C)N1S(=O)(=O)c1ccc(C(F)(F)F)nc1. The molecule has 0 spiro atoms. The van der Waals surface area contributed by atoms with Gasteiger partial charge in [-0.1, -0.05) is 0 Å². The third-order valence-corrected chi connectivity index (χ3v) is 5.73. The van der Waals surface area contributed by atoms with Crippen LogP contribution in [-0.2, 0) is 16.2 Å². The van der Waals surface area contributed by atoms with Crippen molar-refractivity contribution in [3.8, 4) is 0 Å². The van der Waals surface area contributed by atoms with Gasteiger partial charge in [0.25, 0.3) is 0 Å². The maximum absolute atomic E-state index is 12.7. The third-order valence-electron chi connectivity index (χ3n) is 3.62. The fourth-order valence-electron chi connectivity index (χ4n) is 2.87. The summed E-state index contributed by atoms with van der Waals surface area (Å²) in [6.07, 6.45) is -3.81. The molecule has 0 aliphatic carbocycles. The van der Waals surface area contributed by atoms with Gasteiger partial charge in [0.1, 0.15) is 10.6 Å². The van der Waals surface area contributed by atoms with Gasteiger partial charge in [0.15, 0.2) is 0 Å². The number of sulfonamides is 1. The largest absolute Gasteiger partial charge is 0.433 e. The minimum atomic E-state index is -4.59. The van der Waals surface area contributed by atoms with Crippen molar-refractivity contribution in [2.45, 2.75) is 37.0 Å². The molecule has 1 saturated heterocycles. The fourth-order valence-corrected chi connectivity index (χ4v) is 4.62. The molecule has 2 heterocycles. The first-order chi connectivity index (χ1) is 10.0. The van der Waals surface area contributed by atoms with E-state index in [0.29, 0.717) is 19.2 Å². The highest BCUT2D eigenvalue weighted by molar-refractivity contribution is 7.89. The summed E-state index contributed by atoms with van der Waals surface area (Å²) in [5, 5.41) is 0. The van der Waals surface area contributed by atoms with Crippen LogP contribution in [0.2, 0.25) is 0 Å². The van der Waals surface area contributed by atoms with E-state index in [1.54, 1.807) is 13.8 Å². The number of piperazine rings is 1. The van der Waals surface area contributed by atoms with Gasteiger partial charge in [-0.15, -0.1) is 0 Å². The zero-order chi connectivity index (χ0) is 16.7. The average molecular weight is 337 g/mol. The van der Waals surface area contributed by atoms with Gasteiger partial charge >= 0.3 is 6.18 Å². The molecule has 1 aliphatic heterocycles. The molecule has 1 fully saturated rings. The van der Waals surface area contributed by atoms with Crippen LogP contribution in [0.15, 0.2) is 23.2 Å². The van der Waals surface area contributed by atoms with E-state index in [-0.39, 0.29) is 17.0 Å². The van der Waals surface area contributed by atoms with Crippen LogP contribution in [0.25, 0.3) is 0 Å². The van der Waals surface area contributed by atoms with E-state index in [9.17, 15) is 21.6 Å². The van der Waals surface area contributed by atoms with Crippen LogP contribution < -0.4 is 0 Å². The molecule has 0 amide bonds. The van der Waals surface area contributed by atoms with Crippen molar-refractivity contribution < 1.29 is 21.6 Å². The molecule has 9 heteroatoms. The lowest BCUT2D eigenvalue weighted by molar-refractivity contribution is -0.141. The fraction of sp³-hybridized carbons (Fsp3) is 0.615. The van der Waals surface area contributed by atoms with Gasteiger partial charge in [-0.2, -0.15) is 17.5 Å². The Morgan fingerprint density at radius 3 is 2.14 bits per heavy atom. The number of nitrogens with zero attached hydrogens (tertiary/aromatic N) is 3. The number of hydrogen-bond acceptors (Lipinski definition) is 4. The molecular formula is C13H18F3N3O2S. The van der Waals surface area contributed by atoms with Crippen LogP contribution in [0, 0.1) is 0 Å². The van der Waals surface area contributed by atoms with E-state index in [1.807, 2.05) is 11.9 Å². The van der Waals surface area contributed by atoms with E-state index in [0.717, 1.165) is 12.3 Å². The maximum atomic E-state index is 12.7. The summed E-state index contributed by atoms with van der Waals surface area (Å²) in [6, 6.07) is 1.13. The van der Waals surface area contributed by atoms with E-state index in [4.69, 9.17) is 0 Å². The Morgan fingerprint density at radius 1 is 1.18 bits per heavy atom. The van der Waals surface area contributed by atoms with Crippen molar-refractivity contribution >= 4 is 10.0 Å². The number of likely N-dealkylation sites (N-methyl/N-ethyl adjacent to an activating group) is 1. The molecule has 22 heavy (non-hydrogen) atoms. The van der Waals surface area contributed by atoms with Gasteiger partial charge in [-0.05, 0) is 33.0 Å². The molecule has 0 N–H and O–H groups in total. The summed E-state index contributed by atoms with van der Waals surface area (Å²) in [7, 11) is -1.97. The van der Waals surface area contributed by atoms with Crippen molar-refractivity contribution in [1.29, 1.82) is 0 Å². The van der Waals surface area contributed by atoms with Gasteiger partial charge in [0, 0.05) is 31.4 Å². The first kappa shape index (κ1) is 17.2. The lowest BCUT2D eigenvalue weighted by Gasteiger charge is -2.41. The summed E-state index contributed by atoms with van der Waals surface area (Å²) in [5.41, 5.74) is -1.11. The van der Waals surface area contributed by atoms with Crippen molar-refractivity contribution in [3.63, 3.8) is 0 Å². The molecule has 1 aliphatic rings. The normalized spacial score (nSPS) is 25.4. The quantitative estimate of drug-likeness (QED) is 0.826.